The van der Waals surface area contributed by atoms with E-state index in [1.165, 1.54) is 0 Å². The van der Waals surface area contributed by atoms with Crippen LogP contribution in [-0.4, -0.2) is 15.5 Å². The molecule has 0 atom stereocenters. The SMILES string of the molecule is CC(C)Cn1c(C(=O)[O-])nc2ccccc21.[Na+]. The zero-order chi connectivity index (χ0) is 11.7. The van der Waals surface area contributed by atoms with Crippen molar-refractivity contribution in [2.45, 2.75) is 20.4 Å². The van der Waals surface area contributed by atoms with Crippen molar-refractivity contribution in [3.8, 4) is 0 Å². The maximum Gasteiger partial charge on any atom is 1.00 e. The molecule has 0 N–H and O–H groups in total. The molecule has 0 aliphatic rings. The Labute approximate surface area is 122 Å². The van der Waals surface area contributed by atoms with Crippen molar-refractivity contribution in [3.63, 3.8) is 0 Å². The second-order valence-electron chi connectivity index (χ2n) is 4.22. The van der Waals surface area contributed by atoms with Crippen molar-refractivity contribution >= 4 is 17.0 Å². The number of carbonyl (C=O) groups is 1. The standard InChI is InChI=1S/C12H14N2O2.Na/c1-8(2)7-14-10-6-4-3-5-9(10)13-11(14)12(15)16;/h3-6,8H,7H2,1-2H3,(H,15,16);/q;+1/p-1. The van der Waals surface area contributed by atoms with E-state index in [0.717, 1.165) is 5.52 Å². The summed E-state index contributed by atoms with van der Waals surface area (Å²) in [5.41, 5.74) is 1.54. The summed E-state index contributed by atoms with van der Waals surface area (Å²) in [7, 11) is 0. The molecule has 0 aliphatic heterocycles. The predicted molar refractivity (Wildman–Crippen MR) is 58.9 cm³/mol. The van der Waals surface area contributed by atoms with Crippen molar-refractivity contribution in [3.05, 3.63) is 30.1 Å². The summed E-state index contributed by atoms with van der Waals surface area (Å²) in [6.45, 7) is 4.70. The Bertz CT molecular complexity index is 534. The van der Waals surface area contributed by atoms with E-state index in [2.05, 4.69) is 4.98 Å². The van der Waals surface area contributed by atoms with Crippen LogP contribution in [0.2, 0.25) is 0 Å². The molecular formula is C12H13N2NaO2. The molecule has 0 radical (unpaired) electrons. The van der Waals surface area contributed by atoms with Gasteiger partial charge in [-0.3, -0.25) is 0 Å². The smallest absolute Gasteiger partial charge is 0.542 e. The van der Waals surface area contributed by atoms with Gasteiger partial charge in [-0.1, -0.05) is 26.0 Å². The van der Waals surface area contributed by atoms with Gasteiger partial charge in [0.2, 0.25) is 0 Å². The van der Waals surface area contributed by atoms with Crippen molar-refractivity contribution in [1.29, 1.82) is 0 Å². The van der Waals surface area contributed by atoms with Crippen LogP contribution >= 0.6 is 0 Å². The molecule has 1 aromatic heterocycles. The molecule has 0 bridgehead atoms. The zero-order valence-electron chi connectivity index (χ0n) is 10.3. The maximum atomic E-state index is 11.0. The second kappa shape index (κ2) is 5.67. The Kier molecular flexibility index (Phi) is 4.74. The van der Waals surface area contributed by atoms with E-state index in [4.69, 9.17) is 0 Å². The number of hydrogen-bond donors (Lipinski definition) is 0. The molecule has 0 unspecified atom stereocenters. The summed E-state index contributed by atoms with van der Waals surface area (Å²) >= 11 is 0. The van der Waals surface area contributed by atoms with Gasteiger partial charge in [-0.2, -0.15) is 0 Å². The Morgan fingerprint density at radius 3 is 2.65 bits per heavy atom. The number of hydrogen-bond acceptors (Lipinski definition) is 3. The Morgan fingerprint density at radius 1 is 1.41 bits per heavy atom. The molecule has 5 heteroatoms. The summed E-state index contributed by atoms with van der Waals surface area (Å²) < 4.78 is 1.70. The van der Waals surface area contributed by atoms with Crippen LogP contribution in [0.4, 0.5) is 0 Å². The van der Waals surface area contributed by atoms with Gasteiger partial charge in [-0.15, -0.1) is 0 Å². The molecule has 4 nitrogen and oxygen atoms in total. The number of para-hydroxylation sites is 2. The van der Waals surface area contributed by atoms with Gasteiger partial charge in [-0.25, -0.2) is 4.98 Å². The third-order valence-corrected chi connectivity index (χ3v) is 2.38. The Morgan fingerprint density at radius 2 is 2.06 bits per heavy atom. The van der Waals surface area contributed by atoms with Crippen LogP contribution in [0.5, 0.6) is 0 Å². The molecule has 84 valence electrons. The van der Waals surface area contributed by atoms with E-state index >= 15 is 0 Å². The Hall–Kier alpha value is -0.840. The molecule has 0 spiro atoms. The molecule has 1 aromatic carbocycles. The van der Waals surface area contributed by atoms with Crippen molar-refractivity contribution in [2.75, 3.05) is 0 Å². The number of rotatable bonds is 3. The van der Waals surface area contributed by atoms with E-state index < -0.39 is 5.97 Å². The fourth-order valence-electron chi connectivity index (χ4n) is 1.78. The Balaban J connectivity index is 0.00000144. The first-order chi connectivity index (χ1) is 7.59. The molecule has 2 aromatic rings. The minimum atomic E-state index is -1.23. The van der Waals surface area contributed by atoms with Gasteiger partial charge >= 0.3 is 29.6 Å². The van der Waals surface area contributed by atoms with Gasteiger partial charge in [0.15, 0.2) is 5.82 Å². The van der Waals surface area contributed by atoms with Crippen LogP contribution in [0.25, 0.3) is 11.0 Å². The maximum absolute atomic E-state index is 11.0. The largest absolute Gasteiger partial charge is 1.00 e. The van der Waals surface area contributed by atoms with Crippen LogP contribution in [0.15, 0.2) is 24.3 Å². The predicted octanol–water partition coefficient (Wildman–Crippen LogP) is -1.94. The van der Waals surface area contributed by atoms with Crippen LogP contribution in [0.3, 0.4) is 0 Å². The van der Waals surface area contributed by atoms with E-state index in [1.807, 2.05) is 32.0 Å². The molecular weight excluding hydrogens is 227 g/mol. The van der Waals surface area contributed by atoms with Crippen molar-refractivity contribution in [2.24, 2.45) is 5.92 Å². The molecule has 0 saturated carbocycles. The van der Waals surface area contributed by atoms with Gasteiger partial charge in [0, 0.05) is 6.54 Å². The van der Waals surface area contributed by atoms with Crippen LogP contribution < -0.4 is 34.7 Å². The van der Waals surface area contributed by atoms with E-state index in [9.17, 15) is 9.90 Å². The van der Waals surface area contributed by atoms with Gasteiger partial charge in [0.25, 0.3) is 0 Å². The van der Waals surface area contributed by atoms with E-state index in [-0.39, 0.29) is 35.4 Å². The van der Waals surface area contributed by atoms with Gasteiger partial charge < -0.3 is 14.5 Å². The topological polar surface area (TPSA) is 58.0 Å². The molecule has 0 amide bonds. The first-order valence-corrected chi connectivity index (χ1v) is 5.26. The summed E-state index contributed by atoms with van der Waals surface area (Å²) in [4.78, 5) is 15.0. The number of benzene rings is 1. The number of carbonyl (C=O) groups excluding carboxylic acids is 1. The zero-order valence-corrected chi connectivity index (χ0v) is 12.3. The molecule has 0 aliphatic carbocycles. The quantitative estimate of drug-likeness (QED) is 0.586. The molecule has 0 saturated heterocycles. The number of carboxylic acids is 1. The normalized spacial score (nSPS) is 10.5. The van der Waals surface area contributed by atoms with Crippen LogP contribution in [-0.2, 0) is 6.54 Å². The minimum Gasteiger partial charge on any atom is -0.542 e. The fraction of sp³-hybridized carbons (Fsp3) is 0.333. The third kappa shape index (κ3) is 2.89. The number of fused-ring (bicyclic) bond motifs is 1. The monoisotopic (exact) mass is 240 g/mol. The third-order valence-electron chi connectivity index (χ3n) is 2.38. The average Bonchev–Trinajstić information content (AvgIpc) is 2.57. The van der Waals surface area contributed by atoms with Crippen LogP contribution in [0, 0.1) is 5.92 Å². The second-order valence-corrected chi connectivity index (χ2v) is 4.22. The van der Waals surface area contributed by atoms with Gasteiger partial charge in [0.1, 0.15) is 5.97 Å². The van der Waals surface area contributed by atoms with Gasteiger partial charge in [-0.05, 0) is 18.1 Å². The average molecular weight is 240 g/mol. The number of aromatic nitrogens is 2. The first kappa shape index (κ1) is 14.2. The number of imidazole rings is 1. The number of carboxylic acid groups (broad SMARTS) is 1. The summed E-state index contributed by atoms with van der Waals surface area (Å²) in [6, 6.07) is 7.39. The summed E-state index contributed by atoms with van der Waals surface area (Å²) in [6.07, 6.45) is 0. The summed E-state index contributed by atoms with van der Waals surface area (Å²) in [5, 5.41) is 11.0. The number of aromatic carboxylic acids is 1. The summed E-state index contributed by atoms with van der Waals surface area (Å²) in [5.74, 6) is -0.859. The number of nitrogens with zero attached hydrogens (tertiary/aromatic N) is 2. The molecule has 0 fully saturated rings. The van der Waals surface area contributed by atoms with E-state index in [0.29, 0.717) is 18.0 Å². The van der Waals surface area contributed by atoms with E-state index in [1.54, 1.807) is 10.6 Å². The van der Waals surface area contributed by atoms with Crippen LogP contribution in [0.1, 0.15) is 24.5 Å². The fourth-order valence-corrected chi connectivity index (χ4v) is 1.78. The van der Waals surface area contributed by atoms with Crippen molar-refractivity contribution < 1.29 is 39.5 Å². The van der Waals surface area contributed by atoms with Gasteiger partial charge in [0.05, 0.1) is 11.0 Å². The molecule has 17 heavy (non-hydrogen) atoms. The molecule has 1 heterocycles. The molecule has 2 rings (SSSR count). The first-order valence-electron chi connectivity index (χ1n) is 5.26. The minimum absolute atomic E-state index is 0. The van der Waals surface area contributed by atoms with Crippen molar-refractivity contribution in [1.82, 2.24) is 9.55 Å².